The van der Waals surface area contributed by atoms with Crippen molar-refractivity contribution in [3.8, 4) is 0 Å². The van der Waals surface area contributed by atoms with E-state index in [0.29, 0.717) is 16.5 Å². The Morgan fingerprint density at radius 3 is 2.78 bits per heavy atom. The number of aliphatic hydroxyl groups is 1. The second-order valence-electron chi connectivity index (χ2n) is 4.25. The molecule has 5 heteroatoms. The van der Waals surface area contributed by atoms with Crippen molar-refractivity contribution in [3.05, 3.63) is 39.9 Å². The highest BCUT2D eigenvalue weighted by Crippen LogP contribution is 2.39. The van der Waals surface area contributed by atoms with E-state index in [1.165, 1.54) is 5.56 Å². The summed E-state index contributed by atoms with van der Waals surface area (Å²) >= 11 is 12.4. The smallest absolute Gasteiger partial charge is 0.124 e. The molecule has 2 N–H and O–H groups in total. The first-order valence-corrected chi connectivity index (χ1v) is 6.26. The van der Waals surface area contributed by atoms with Crippen LogP contribution in [0.15, 0.2) is 24.3 Å². The van der Waals surface area contributed by atoms with E-state index < -0.39 is 6.23 Å². The predicted molar refractivity (Wildman–Crippen MR) is 79.2 cm³/mol. The van der Waals surface area contributed by atoms with Gasteiger partial charge < -0.3 is 10.4 Å². The Hall–Kier alpha value is -0.670. The standard InChI is InChI=1S/C13H11Cl2NO.ClH/c14-9-3-1-2-8-7-4-5-12(17)16-11(7)6-10(15)13(8)9;/h1-3,6,12,16-17H,4-5H2;1H. The lowest BCUT2D eigenvalue weighted by atomic mass is 9.95. The van der Waals surface area contributed by atoms with Crippen molar-refractivity contribution in [3.63, 3.8) is 0 Å². The molecule has 0 spiro atoms. The molecule has 2 nitrogen and oxygen atoms in total. The second-order valence-corrected chi connectivity index (χ2v) is 5.06. The molecule has 1 unspecified atom stereocenters. The molecule has 0 aromatic heterocycles. The lowest BCUT2D eigenvalue weighted by Gasteiger charge is -2.25. The highest BCUT2D eigenvalue weighted by Gasteiger charge is 2.19. The Kier molecular flexibility index (Phi) is 3.93. The number of nitrogens with one attached hydrogen (secondary N) is 1. The molecule has 0 aliphatic carbocycles. The highest BCUT2D eigenvalue weighted by molar-refractivity contribution is 6.42. The van der Waals surface area contributed by atoms with E-state index in [1.807, 2.05) is 24.3 Å². The quantitative estimate of drug-likeness (QED) is 0.763. The highest BCUT2D eigenvalue weighted by atomic mass is 35.5. The summed E-state index contributed by atoms with van der Waals surface area (Å²) in [6.07, 6.45) is 1.04. The molecular weight excluding hydrogens is 293 g/mol. The van der Waals surface area contributed by atoms with Crippen LogP contribution in [-0.4, -0.2) is 11.3 Å². The fourth-order valence-electron chi connectivity index (χ4n) is 2.38. The van der Waals surface area contributed by atoms with Crippen LogP contribution in [0.3, 0.4) is 0 Å². The van der Waals surface area contributed by atoms with Crippen molar-refractivity contribution in [2.45, 2.75) is 19.1 Å². The molecule has 96 valence electrons. The molecule has 3 rings (SSSR count). The van der Waals surface area contributed by atoms with Crippen LogP contribution < -0.4 is 5.32 Å². The van der Waals surface area contributed by atoms with Gasteiger partial charge in [0, 0.05) is 16.1 Å². The number of aryl methyl sites for hydroxylation is 1. The molecular formula is C13H12Cl3NO. The maximum Gasteiger partial charge on any atom is 0.124 e. The van der Waals surface area contributed by atoms with Crippen LogP contribution in [0.4, 0.5) is 5.69 Å². The molecule has 0 fully saturated rings. The molecule has 2 aromatic rings. The Balaban J connectivity index is 0.00000120. The van der Waals surface area contributed by atoms with Gasteiger partial charge in [0.1, 0.15) is 6.23 Å². The monoisotopic (exact) mass is 303 g/mol. The molecule has 1 aliphatic heterocycles. The second kappa shape index (κ2) is 5.14. The molecule has 18 heavy (non-hydrogen) atoms. The number of aliphatic hydroxyl groups excluding tert-OH is 1. The van der Waals surface area contributed by atoms with Gasteiger partial charge in [-0.15, -0.1) is 12.4 Å². The molecule has 0 saturated carbocycles. The minimum absolute atomic E-state index is 0. The Bertz CT molecular complexity index is 600. The van der Waals surface area contributed by atoms with E-state index in [-0.39, 0.29) is 12.4 Å². The average molecular weight is 305 g/mol. The SMILES string of the molecule is Cl.OC1CCc2c(cc(Cl)c3c(Cl)cccc23)N1. The number of halogens is 3. The number of anilines is 1. The Morgan fingerprint density at radius 2 is 2.00 bits per heavy atom. The normalized spacial score (nSPS) is 17.8. The third kappa shape index (κ3) is 2.14. The molecule has 1 atom stereocenters. The maximum atomic E-state index is 9.59. The van der Waals surface area contributed by atoms with Gasteiger partial charge in [-0.3, -0.25) is 0 Å². The van der Waals surface area contributed by atoms with Crippen LogP contribution in [0, 0.1) is 0 Å². The van der Waals surface area contributed by atoms with Gasteiger partial charge in [-0.2, -0.15) is 0 Å². The summed E-state index contributed by atoms with van der Waals surface area (Å²) in [7, 11) is 0. The Labute approximate surface area is 121 Å². The molecule has 0 amide bonds. The summed E-state index contributed by atoms with van der Waals surface area (Å²) < 4.78 is 0. The summed E-state index contributed by atoms with van der Waals surface area (Å²) in [5.41, 5.74) is 2.08. The number of benzene rings is 2. The zero-order valence-corrected chi connectivity index (χ0v) is 11.7. The summed E-state index contributed by atoms with van der Waals surface area (Å²) in [6.45, 7) is 0. The number of hydrogen-bond acceptors (Lipinski definition) is 2. The fourth-order valence-corrected chi connectivity index (χ4v) is 3.02. The molecule has 0 radical (unpaired) electrons. The van der Waals surface area contributed by atoms with Gasteiger partial charge in [-0.1, -0.05) is 35.3 Å². The van der Waals surface area contributed by atoms with E-state index >= 15 is 0 Å². The number of fused-ring (bicyclic) bond motifs is 3. The van der Waals surface area contributed by atoms with Crippen molar-refractivity contribution in [1.29, 1.82) is 0 Å². The van der Waals surface area contributed by atoms with E-state index in [2.05, 4.69) is 5.32 Å². The molecule has 2 aromatic carbocycles. The van der Waals surface area contributed by atoms with Crippen molar-refractivity contribution in [1.82, 2.24) is 0 Å². The van der Waals surface area contributed by atoms with Gasteiger partial charge in [-0.25, -0.2) is 0 Å². The van der Waals surface area contributed by atoms with Gasteiger partial charge in [0.15, 0.2) is 0 Å². The van der Waals surface area contributed by atoms with Crippen molar-refractivity contribution < 1.29 is 5.11 Å². The van der Waals surface area contributed by atoms with Gasteiger partial charge in [0.25, 0.3) is 0 Å². The van der Waals surface area contributed by atoms with Gasteiger partial charge in [0.05, 0.1) is 5.02 Å². The fraction of sp³-hybridized carbons (Fsp3) is 0.231. The number of hydrogen-bond donors (Lipinski definition) is 2. The van der Waals surface area contributed by atoms with Crippen LogP contribution in [0.1, 0.15) is 12.0 Å². The van der Waals surface area contributed by atoms with Gasteiger partial charge in [-0.05, 0) is 35.9 Å². The maximum absolute atomic E-state index is 9.59. The van der Waals surface area contributed by atoms with Gasteiger partial charge in [0.2, 0.25) is 0 Å². The van der Waals surface area contributed by atoms with E-state index in [1.54, 1.807) is 0 Å². The summed E-state index contributed by atoms with van der Waals surface area (Å²) in [5, 5.41) is 15.9. The average Bonchev–Trinajstić information content (AvgIpc) is 2.28. The molecule has 0 saturated heterocycles. The molecule has 0 bridgehead atoms. The minimum atomic E-state index is -0.491. The summed E-state index contributed by atoms with van der Waals surface area (Å²) in [6, 6.07) is 7.62. The summed E-state index contributed by atoms with van der Waals surface area (Å²) in [5.74, 6) is 0. The third-order valence-electron chi connectivity index (χ3n) is 3.16. The molecule has 1 aliphatic rings. The Morgan fingerprint density at radius 1 is 1.22 bits per heavy atom. The zero-order valence-electron chi connectivity index (χ0n) is 9.41. The number of rotatable bonds is 0. The van der Waals surface area contributed by atoms with Crippen molar-refractivity contribution >= 4 is 52.1 Å². The van der Waals surface area contributed by atoms with E-state index in [9.17, 15) is 5.11 Å². The first kappa shape index (κ1) is 13.8. The van der Waals surface area contributed by atoms with Crippen LogP contribution in [0.5, 0.6) is 0 Å². The summed E-state index contributed by atoms with van der Waals surface area (Å²) in [4.78, 5) is 0. The van der Waals surface area contributed by atoms with Crippen LogP contribution in [0.2, 0.25) is 10.0 Å². The van der Waals surface area contributed by atoms with Crippen LogP contribution in [-0.2, 0) is 6.42 Å². The predicted octanol–water partition coefficient (Wildman–Crippen LogP) is 4.24. The largest absolute Gasteiger partial charge is 0.374 e. The van der Waals surface area contributed by atoms with Crippen LogP contribution in [0.25, 0.3) is 10.8 Å². The van der Waals surface area contributed by atoms with E-state index in [4.69, 9.17) is 23.2 Å². The minimum Gasteiger partial charge on any atom is -0.374 e. The van der Waals surface area contributed by atoms with Crippen molar-refractivity contribution in [2.75, 3.05) is 5.32 Å². The zero-order chi connectivity index (χ0) is 12.0. The topological polar surface area (TPSA) is 32.3 Å². The van der Waals surface area contributed by atoms with Crippen molar-refractivity contribution in [2.24, 2.45) is 0 Å². The van der Waals surface area contributed by atoms with Gasteiger partial charge >= 0.3 is 0 Å². The third-order valence-corrected chi connectivity index (χ3v) is 3.78. The lowest BCUT2D eigenvalue weighted by molar-refractivity contribution is 0.189. The lowest BCUT2D eigenvalue weighted by Crippen LogP contribution is -2.24. The van der Waals surface area contributed by atoms with E-state index in [0.717, 1.165) is 22.9 Å². The first-order valence-electron chi connectivity index (χ1n) is 5.51. The first-order chi connectivity index (χ1) is 8.16. The molecule has 1 heterocycles. The van der Waals surface area contributed by atoms with Crippen LogP contribution >= 0.6 is 35.6 Å².